The first-order chi connectivity index (χ1) is 7.47. The fraction of sp³-hybridized carbons (Fsp3) is 0.917. The Morgan fingerprint density at radius 1 is 1.38 bits per heavy atom. The lowest BCUT2D eigenvalue weighted by Crippen LogP contribution is -2.35. The third-order valence-corrected chi connectivity index (χ3v) is 6.04. The fourth-order valence-electron chi connectivity index (χ4n) is 3.39. The Hall–Kier alpha value is -0.560. The molecular weight excluding hydrogens is 222 g/mol. The highest BCUT2D eigenvalue weighted by Crippen LogP contribution is 2.48. The molecule has 4 heteroatoms. The second-order valence-corrected chi connectivity index (χ2v) is 7.80. The summed E-state index contributed by atoms with van der Waals surface area (Å²) in [6.07, 6.45) is 4.74. The fourth-order valence-corrected chi connectivity index (χ4v) is 5.30. The molecule has 1 saturated carbocycles. The van der Waals surface area contributed by atoms with Gasteiger partial charge in [0.05, 0.1) is 23.0 Å². The van der Waals surface area contributed by atoms with E-state index in [9.17, 15) is 13.7 Å². The van der Waals surface area contributed by atoms with E-state index in [1.54, 1.807) is 0 Å². The lowest BCUT2D eigenvalue weighted by molar-refractivity contribution is 0.143. The molecule has 1 saturated heterocycles. The topological polar surface area (TPSA) is 57.9 Å². The van der Waals surface area contributed by atoms with Crippen LogP contribution in [0.15, 0.2) is 0 Å². The van der Waals surface area contributed by atoms with Crippen molar-refractivity contribution in [1.82, 2.24) is 0 Å². The van der Waals surface area contributed by atoms with Crippen LogP contribution in [0.2, 0.25) is 0 Å². The molecule has 90 valence electrons. The van der Waals surface area contributed by atoms with Gasteiger partial charge >= 0.3 is 0 Å². The first-order valence-corrected chi connectivity index (χ1v) is 7.91. The quantitative estimate of drug-likeness (QED) is 0.706. The van der Waals surface area contributed by atoms with Crippen LogP contribution < -0.4 is 0 Å². The monoisotopic (exact) mass is 241 g/mol. The van der Waals surface area contributed by atoms with E-state index in [1.807, 2.05) is 0 Å². The van der Waals surface area contributed by atoms with E-state index in [0.29, 0.717) is 12.3 Å². The molecule has 1 heterocycles. The summed E-state index contributed by atoms with van der Waals surface area (Å²) >= 11 is 0. The van der Waals surface area contributed by atoms with E-state index >= 15 is 0 Å². The minimum atomic E-state index is -2.86. The Labute approximate surface area is 97.8 Å². The van der Waals surface area contributed by atoms with Gasteiger partial charge in [0.2, 0.25) is 0 Å². The average Bonchev–Trinajstić information content (AvgIpc) is 2.59. The summed E-state index contributed by atoms with van der Waals surface area (Å²) in [4.78, 5) is 0. The van der Waals surface area contributed by atoms with Gasteiger partial charge in [-0.1, -0.05) is 19.8 Å². The third kappa shape index (κ3) is 2.10. The molecule has 3 atom stereocenters. The number of nitrogens with zero attached hydrogens (tertiary/aromatic N) is 1. The lowest BCUT2D eigenvalue weighted by Gasteiger charge is -2.38. The maximum absolute atomic E-state index is 11.5. The number of sulfone groups is 1. The van der Waals surface area contributed by atoms with E-state index in [2.05, 4.69) is 13.0 Å². The third-order valence-electron chi connectivity index (χ3n) is 4.27. The SMILES string of the molecule is CC1CCCC(C#N)(C2CCS(=O)(=O)C2)C1. The van der Waals surface area contributed by atoms with E-state index in [-0.39, 0.29) is 22.8 Å². The van der Waals surface area contributed by atoms with Crippen molar-refractivity contribution >= 4 is 9.84 Å². The molecule has 0 aromatic carbocycles. The predicted molar refractivity (Wildman–Crippen MR) is 62.4 cm³/mol. The van der Waals surface area contributed by atoms with E-state index in [4.69, 9.17) is 0 Å². The predicted octanol–water partition coefficient (Wildman–Crippen LogP) is 2.14. The molecule has 0 radical (unpaired) electrons. The van der Waals surface area contributed by atoms with Crippen LogP contribution in [0.3, 0.4) is 0 Å². The highest BCUT2D eigenvalue weighted by atomic mass is 32.2. The van der Waals surface area contributed by atoms with Gasteiger partial charge in [0, 0.05) is 0 Å². The first kappa shape index (κ1) is 11.9. The Bertz CT molecular complexity index is 409. The van der Waals surface area contributed by atoms with Gasteiger partial charge in [-0.05, 0) is 31.1 Å². The Kier molecular flexibility index (Phi) is 3.00. The standard InChI is InChI=1S/C12H19NO2S/c1-10-3-2-5-12(7-10,9-13)11-4-6-16(14,15)8-11/h10-11H,2-8H2,1H3. The average molecular weight is 241 g/mol. The summed E-state index contributed by atoms with van der Waals surface area (Å²) in [6.45, 7) is 2.18. The molecule has 0 aromatic heterocycles. The molecule has 2 aliphatic rings. The number of nitriles is 1. The van der Waals surface area contributed by atoms with Gasteiger partial charge in [-0.25, -0.2) is 8.42 Å². The van der Waals surface area contributed by atoms with Crippen molar-refractivity contribution in [3.63, 3.8) is 0 Å². The van der Waals surface area contributed by atoms with Gasteiger partial charge in [0.15, 0.2) is 9.84 Å². The normalized spacial score (nSPS) is 42.8. The van der Waals surface area contributed by atoms with Gasteiger partial charge < -0.3 is 0 Å². The Morgan fingerprint density at radius 2 is 2.12 bits per heavy atom. The summed E-state index contributed by atoms with van der Waals surface area (Å²) in [6, 6.07) is 2.46. The zero-order chi connectivity index (χ0) is 11.8. The van der Waals surface area contributed by atoms with Crippen LogP contribution >= 0.6 is 0 Å². The maximum Gasteiger partial charge on any atom is 0.150 e. The Balaban J connectivity index is 2.20. The van der Waals surface area contributed by atoms with Crippen LogP contribution in [0.5, 0.6) is 0 Å². The lowest BCUT2D eigenvalue weighted by atomic mass is 9.64. The van der Waals surface area contributed by atoms with Crippen LogP contribution in [0.4, 0.5) is 0 Å². The molecule has 0 amide bonds. The van der Waals surface area contributed by atoms with Crippen molar-refractivity contribution < 1.29 is 8.42 Å². The van der Waals surface area contributed by atoms with E-state index in [1.165, 1.54) is 6.42 Å². The van der Waals surface area contributed by atoms with Crippen LogP contribution in [0, 0.1) is 28.6 Å². The highest BCUT2D eigenvalue weighted by molar-refractivity contribution is 7.91. The first-order valence-electron chi connectivity index (χ1n) is 6.09. The van der Waals surface area contributed by atoms with Crippen LogP contribution in [-0.4, -0.2) is 19.9 Å². The van der Waals surface area contributed by atoms with Gasteiger partial charge in [-0.3, -0.25) is 0 Å². The molecule has 1 aliphatic carbocycles. The zero-order valence-electron chi connectivity index (χ0n) is 9.78. The summed E-state index contributed by atoms with van der Waals surface area (Å²) in [5.74, 6) is 1.19. The summed E-state index contributed by atoms with van der Waals surface area (Å²) < 4.78 is 23.0. The smallest absolute Gasteiger partial charge is 0.150 e. The van der Waals surface area contributed by atoms with Crippen LogP contribution in [0.25, 0.3) is 0 Å². The highest BCUT2D eigenvalue weighted by Gasteiger charge is 2.46. The molecular formula is C12H19NO2S. The van der Waals surface area contributed by atoms with Crippen LogP contribution in [0.1, 0.15) is 39.0 Å². The van der Waals surface area contributed by atoms with E-state index in [0.717, 1.165) is 19.3 Å². The van der Waals surface area contributed by atoms with Crippen molar-refractivity contribution in [3.8, 4) is 6.07 Å². The number of rotatable bonds is 1. The number of hydrogen-bond donors (Lipinski definition) is 0. The second-order valence-electron chi connectivity index (χ2n) is 5.57. The van der Waals surface area contributed by atoms with Gasteiger partial charge in [0.25, 0.3) is 0 Å². The summed E-state index contributed by atoms with van der Waals surface area (Å²) in [5, 5.41) is 9.45. The van der Waals surface area contributed by atoms with Gasteiger partial charge in [0.1, 0.15) is 0 Å². The van der Waals surface area contributed by atoms with Crippen molar-refractivity contribution in [2.24, 2.45) is 17.3 Å². The van der Waals surface area contributed by atoms with Crippen molar-refractivity contribution in [2.75, 3.05) is 11.5 Å². The minimum Gasteiger partial charge on any atom is -0.229 e. The van der Waals surface area contributed by atoms with Gasteiger partial charge in [-0.2, -0.15) is 5.26 Å². The molecule has 16 heavy (non-hydrogen) atoms. The minimum absolute atomic E-state index is 0.0882. The molecule has 0 aromatic rings. The Morgan fingerprint density at radius 3 is 2.62 bits per heavy atom. The molecule has 0 N–H and O–H groups in total. The largest absolute Gasteiger partial charge is 0.229 e. The zero-order valence-corrected chi connectivity index (χ0v) is 10.6. The summed E-state index contributed by atoms with van der Waals surface area (Å²) in [5.41, 5.74) is -0.346. The van der Waals surface area contributed by atoms with Gasteiger partial charge in [-0.15, -0.1) is 0 Å². The molecule has 0 bridgehead atoms. The molecule has 2 rings (SSSR count). The number of hydrogen-bond acceptors (Lipinski definition) is 3. The van der Waals surface area contributed by atoms with E-state index < -0.39 is 9.84 Å². The molecule has 1 aliphatic heterocycles. The summed E-state index contributed by atoms with van der Waals surface area (Å²) in [7, 11) is -2.86. The van der Waals surface area contributed by atoms with Crippen molar-refractivity contribution in [2.45, 2.75) is 39.0 Å². The van der Waals surface area contributed by atoms with Crippen LogP contribution in [-0.2, 0) is 9.84 Å². The van der Waals surface area contributed by atoms with Crippen molar-refractivity contribution in [3.05, 3.63) is 0 Å². The molecule has 0 spiro atoms. The van der Waals surface area contributed by atoms with Crippen molar-refractivity contribution in [1.29, 1.82) is 5.26 Å². The second kappa shape index (κ2) is 4.03. The molecule has 3 unspecified atom stereocenters. The molecule has 3 nitrogen and oxygen atoms in total. The molecule has 2 fully saturated rings. The maximum atomic E-state index is 11.5.